The first-order chi connectivity index (χ1) is 11.5. The van der Waals surface area contributed by atoms with Crippen molar-refractivity contribution in [2.45, 2.75) is 0 Å². The average Bonchev–Trinajstić information content (AvgIpc) is 2.55. The molecule has 0 unspecified atom stereocenters. The molecule has 0 spiro atoms. The largest absolute Gasteiger partial charge is 0.364 e. The van der Waals surface area contributed by atoms with E-state index in [9.17, 15) is 4.79 Å². The van der Waals surface area contributed by atoms with E-state index in [1.54, 1.807) is 42.5 Å². The van der Waals surface area contributed by atoms with Gasteiger partial charge < -0.3 is 5.73 Å². The zero-order valence-corrected chi connectivity index (χ0v) is 14.4. The van der Waals surface area contributed by atoms with Crippen LogP contribution in [0.3, 0.4) is 0 Å². The van der Waals surface area contributed by atoms with E-state index in [-0.39, 0.29) is 5.69 Å². The molecule has 24 heavy (non-hydrogen) atoms. The molecule has 0 bridgehead atoms. The molecule has 0 atom stereocenters. The predicted octanol–water partition coefficient (Wildman–Crippen LogP) is 4.87. The summed E-state index contributed by atoms with van der Waals surface area (Å²) in [4.78, 5) is 20.1. The van der Waals surface area contributed by atoms with Gasteiger partial charge >= 0.3 is 0 Å². The van der Waals surface area contributed by atoms with Gasteiger partial charge in [-0.05, 0) is 30.3 Å². The van der Waals surface area contributed by atoms with Gasteiger partial charge in [-0.15, -0.1) is 0 Å². The predicted molar refractivity (Wildman–Crippen MR) is 96.5 cm³/mol. The fourth-order valence-electron chi connectivity index (χ4n) is 2.20. The van der Waals surface area contributed by atoms with Crippen molar-refractivity contribution in [3.8, 4) is 22.5 Å². The number of halogens is 3. The molecular weight excluding hydrogens is 369 g/mol. The molecule has 2 N–H and O–H groups in total. The van der Waals surface area contributed by atoms with E-state index >= 15 is 0 Å². The van der Waals surface area contributed by atoms with Crippen LogP contribution in [0.2, 0.25) is 15.1 Å². The molecule has 7 heteroatoms. The first-order valence-corrected chi connectivity index (χ1v) is 7.97. The number of nitrogens with zero attached hydrogens (tertiary/aromatic N) is 2. The third kappa shape index (κ3) is 3.36. The Kier molecular flexibility index (Phi) is 4.71. The molecular formula is C17H10Cl3N3O. The summed E-state index contributed by atoms with van der Waals surface area (Å²) in [7, 11) is 0. The van der Waals surface area contributed by atoms with Crippen LogP contribution in [-0.4, -0.2) is 15.9 Å². The topological polar surface area (TPSA) is 68.9 Å². The van der Waals surface area contributed by atoms with Crippen LogP contribution in [-0.2, 0) is 0 Å². The van der Waals surface area contributed by atoms with E-state index in [1.165, 1.54) is 6.20 Å². The van der Waals surface area contributed by atoms with E-state index in [1.807, 2.05) is 0 Å². The number of benzene rings is 2. The van der Waals surface area contributed by atoms with E-state index in [0.717, 1.165) is 5.56 Å². The Labute approximate surface area is 153 Å². The highest BCUT2D eigenvalue weighted by Gasteiger charge is 2.16. The third-order valence-corrected chi connectivity index (χ3v) is 4.13. The summed E-state index contributed by atoms with van der Waals surface area (Å²) in [5.74, 6) is -0.661. The normalized spacial score (nSPS) is 10.6. The van der Waals surface area contributed by atoms with Gasteiger partial charge in [0.25, 0.3) is 5.91 Å². The summed E-state index contributed by atoms with van der Waals surface area (Å²) < 4.78 is 0. The molecule has 1 aromatic heterocycles. The minimum Gasteiger partial charge on any atom is -0.364 e. The molecule has 3 aromatic rings. The molecule has 0 fully saturated rings. The molecule has 2 aromatic carbocycles. The molecule has 0 aliphatic heterocycles. The van der Waals surface area contributed by atoms with Crippen LogP contribution in [0.15, 0.2) is 48.7 Å². The van der Waals surface area contributed by atoms with Gasteiger partial charge in [-0.1, -0.05) is 46.9 Å². The number of nitrogens with two attached hydrogens (primary N) is 1. The third-order valence-electron chi connectivity index (χ3n) is 3.33. The van der Waals surface area contributed by atoms with E-state index < -0.39 is 5.91 Å². The molecule has 0 aliphatic rings. The standard InChI is InChI=1S/C17H10Cl3N3O/c18-10-3-1-9(2-4-10)15-16(22-8-14(23-15)17(21)24)12-6-5-11(19)7-13(12)20/h1-8H,(H2,21,24). The number of primary amides is 1. The molecule has 0 radical (unpaired) electrons. The lowest BCUT2D eigenvalue weighted by molar-refractivity contribution is 0.0995. The molecule has 1 amide bonds. The number of carbonyl (C=O) groups excluding carboxylic acids is 1. The summed E-state index contributed by atoms with van der Waals surface area (Å²) >= 11 is 18.2. The van der Waals surface area contributed by atoms with Crippen molar-refractivity contribution in [3.05, 3.63) is 69.4 Å². The maximum absolute atomic E-state index is 11.5. The summed E-state index contributed by atoms with van der Waals surface area (Å²) in [6, 6.07) is 12.1. The average molecular weight is 379 g/mol. The van der Waals surface area contributed by atoms with Crippen molar-refractivity contribution < 1.29 is 4.79 Å². The highest BCUT2D eigenvalue weighted by Crippen LogP contribution is 2.35. The van der Waals surface area contributed by atoms with Crippen LogP contribution >= 0.6 is 34.8 Å². The van der Waals surface area contributed by atoms with Crippen molar-refractivity contribution in [2.75, 3.05) is 0 Å². The van der Waals surface area contributed by atoms with Crippen molar-refractivity contribution >= 4 is 40.7 Å². The van der Waals surface area contributed by atoms with Crippen LogP contribution in [0, 0.1) is 0 Å². The first-order valence-electron chi connectivity index (χ1n) is 6.84. The van der Waals surface area contributed by atoms with Gasteiger partial charge in [-0.2, -0.15) is 0 Å². The number of amides is 1. The summed E-state index contributed by atoms with van der Waals surface area (Å²) in [5, 5.41) is 1.53. The van der Waals surface area contributed by atoms with Crippen molar-refractivity contribution in [1.82, 2.24) is 9.97 Å². The molecule has 0 saturated heterocycles. The summed E-state index contributed by atoms with van der Waals surface area (Å²) in [5.41, 5.74) is 7.76. The lowest BCUT2D eigenvalue weighted by atomic mass is 10.0. The second kappa shape index (κ2) is 6.77. The van der Waals surface area contributed by atoms with Gasteiger partial charge in [-0.3, -0.25) is 9.78 Å². The zero-order valence-electron chi connectivity index (χ0n) is 12.1. The first kappa shape index (κ1) is 16.7. The van der Waals surface area contributed by atoms with Crippen LogP contribution in [0.1, 0.15) is 10.5 Å². The summed E-state index contributed by atoms with van der Waals surface area (Å²) in [6.45, 7) is 0. The van der Waals surface area contributed by atoms with Crippen LogP contribution < -0.4 is 5.73 Å². The summed E-state index contributed by atoms with van der Waals surface area (Å²) in [6.07, 6.45) is 1.32. The second-order valence-electron chi connectivity index (χ2n) is 4.95. The van der Waals surface area contributed by atoms with E-state index in [0.29, 0.717) is 32.0 Å². The minimum atomic E-state index is -0.661. The van der Waals surface area contributed by atoms with Gasteiger partial charge in [-0.25, -0.2) is 4.98 Å². The lowest BCUT2D eigenvalue weighted by Gasteiger charge is -2.11. The molecule has 1 heterocycles. The van der Waals surface area contributed by atoms with Crippen LogP contribution in [0.4, 0.5) is 0 Å². The number of aromatic nitrogens is 2. The maximum atomic E-state index is 11.5. The molecule has 0 saturated carbocycles. The Morgan fingerprint density at radius 2 is 1.58 bits per heavy atom. The van der Waals surface area contributed by atoms with Crippen molar-refractivity contribution in [2.24, 2.45) is 5.73 Å². The second-order valence-corrected chi connectivity index (χ2v) is 6.23. The molecule has 3 rings (SSSR count). The Hall–Kier alpha value is -2.14. The number of rotatable bonds is 3. The fraction of sp³-hybridized carbons (Fsp3) is 0. The highest BCUT2D eigenvalue weighted by molar-refractivity contribution is 6.36. The van der Waals surface area contributed by atoms with Gasteiger partial charge in [0, 0.05) is 21.2 Å². The monoisotopic (exact) mass is 377 g/mol. The van der Waals surface area contributed by atoms with Gasteiger partial charge in [0.15, 0.2) is 0 Å². The van der Waals surface area contributed by atoms with Crippen molar-refractivity contribution in [3.63, 3.8) is 0 Å². The van der Waals surface area contributed by atoms with Crippen LogP contribution in [0.5, 0.6) is 0 Å². The van der Waals surface area contributed by atoms with Gasteiger partial charge in [0.05, 0.1) is 22.6 Å². The Bertz CT molecular complexity index is 927. The molecule has 120 valence electrons. The highest BCUT2D eigenvalue weighted by atomic mass is 35.5. The molecule has 0 aliphatic carbocycles. The number of carbonyl (C=O) groups is 1. The van der Waals surface area contributed by atoms with Gasteiger partial charge in [0.1, 0.15) is 5.69 Å². The van der Waals surface area contributed by atoms with Crippen LogP contribution in [0.25, 0.3) is 22.5 Å². The maximum Gasteiger partial charge on any atom is 0.268 e. The Balaban J connectivity index is 2.25. The van der Waals surface area contributed by atoms with Gasteiger partial charge in [0.2, 0.25) is 0 Å². The Morgan fingerprint density at radius 3 is 2.21 bits per heavy atom. The lowest BCUT2D eigenvalue weighted by Crippen LogP contribution is -2.14. The smallest absolute Gasteiger partial charge is 0.268 e. The minimum absolute atomic E-state index is 0.0637. The van der Waals surface area contributed by atoms with E-state index in [4.69, 9.17) is 40.5 Å². The zero-order chi connectivity index (χ0) is 17.3. The van der Waals surface area contributed by atoms with E-state index in [2.05, 4.69) is 9.97 Å². The fourth-order valence-corrected chi connectivity index (χ4v) is 2.82. The van der Waals surface area contributed by atoms with Crippen molar-refractivity contribution in [1.29, 1.82) is 0 Å². The number of hydrogen-bond acceptors (Lipinski definition) is 3. The number of hydrogen-bond donors (Lipinski definition) is 1. The SMILES string of the molecule is NC(=O)c1cnc(-c2ccc(Cl)cc2Cl)c(-c2ccc(Cl)cc2)n1. The molecule has 4 nitrogen and oxygen atoms in total. The quantitative estimate of drug-likeness (QED) is 0.707. The Morgan fingerprint density at radius 1 is 0.917 bits per heavy atom.